The molecule has 1 heterocycles. The first kappa shape index (κ1) is 20.1. The van der Waals surface area contributed by atoms with E-state index in [4.69, 9.17) is 9.47 Å². The van der Waals surface area contributed by atoms with Gasteiger partial charge in [-0.1, -0.05) is 47.4 Å². The third-order valence-electron chi connectivity index (χ3n) is 4.98. The first-order chi connectivity index (χ1) is 14.6. The number of esters is 1. The molecule has 152 valence electrons. The molecule has 0 saturated heterocycles. The van der Waals surface area contributed by atoms with Crippen LogP contribution in [0.15, 0.2) is 94.8 Å². The van der Waals surface area contributed by atoms with E-state index in [1.54, 1.807) is 6.92 Å². The van der Waals surface area contributed by atoms with Gasteiger partial charge in [-0.2, -0.15) is 0 Å². The largest absolute Gasteiger partial charge is 0.490 e. The highest BCUT2D eigenvalue weighted by atomic mass is 32.2. The van der Waals surface area contributed by atoms with Gasteiger partial charge in [-0.15, -0.1) is 0 Å². The molecule has 0 amide bonds. The van der Waals surface area contributed by atoms with Crippen LogP contribution >= 0.6 is 0 Å². The van der Waals surface area contributed by atoms with Crippen LogP contribution in [0.1, 0.15) is 17.3 Å². The van der Waals surface area contributed by atoms with Gasteiger partial charge in [0, 0.05) is 5.57 Å². The quantitative estimate of drug-likeness (QED) is 0.177. The summed E-state index contributed by atoms with van der Waals surface area (Å²) in [5, 5.41) is 0. The van der Waals surface area contributed by atoms with Crippen molar-refractivity contribution in [1.82, 2.24) is 0 Å². The maximum Gasteiger partial charge on any atom is 0.333 e. The van der Waals surface area contributed by atoms with E-state index in [1.165, 1.54) is 4.90 Å². The van der Waals surface area contributed by atoms with Crippen LogP contribution in [-0.4, -0.2) is 29.8 Å². The molecule has 2 aromatic carbocycles. The Morgan fingerprint density at radius 1 is 1.07 bits per heavy atom. The van der Waals surface area contributed by atoms with Crippen LogP contribution in [0.3, 0.4) is 0 Å². The normalized spacial score (nSPS) is 19.1. The van der Waals surface area contributed by atoms with Crippen LogP contribution in [-0.2, 0) is 20.0 Å². The number of carbonyl (C=O) groups is 2. The molecule has 1 aliphatic heterocycles. The Kier molecular flexibility index (Phi) is 5.81. The highest BCUT2D eigenvalue weighted by Gasteiger charge is 2.37. The predicted molar refractivity (Wildman–Crippen MR) is 121 cm³/mol. The lowest BCUT2D eigenvalue weighted by atomic mass is 9.91. The fraction of sp³-hybridized carbons (Fsp3) is 0.160. The number of Topliss-reactive ketones (excluding diaryl/α,β-unsaturated/α-hetero) is 1. The predicted octanol–water partition coefficient (Wildman–Crippen LogP) is 4.06. The molecular formula is C25H23O4S+. The van der Waals surface area contributed by atoms with Crippen molar-refractivity contribution in [3.63, 3.8) is 0 Å². The monoisotopic (exact) mass is 419 g/mol. The average molecular weight is 420 g/mol. The molecule has 0 bridgehead atoms. The summed E-state index contributed by atoms with van der Waals surface area (Å²) in [5.41, 5.74) is 1.19. The van der Waals surface area contributed by atoms with Crippen LogP contribution in [0, 0.1) is 5.92 Å². The molecule has 4 rings (SSSR count). The molecule has 2 atom stereocenters. The van der Waals surface area contributed by atoms with Crippen molar-refractivity contribution >= 4 is 27.1 Å². The molecule has 0 aromatic heterocycles. The molecule has 0 N–H and O–H groups in total. The highest BCUT2D eigenvalue weighted by molar-refractivity contribution is 7.97. The van der Waals surface area contributed by atoms with E-state index in [0.29, 0.717) is 11.3 Å². The number of hydrogen-bond donors (Lipinski definition) is 0. The van der Waals surface area contributed by atoms with E-state index in [0.717, 1.165) is 15.3 Å². The van der Waals surface area contributed by atoms with Gasteiger partial charge in [0.2, 0.25) is 0 Å². The van der Waals surface area contributed by atoms with Gasteiger partial charge in [0.25, 0.3) is 0 Å². The van der Waals surface area contributed by atoms with Gasteiger partial charge in [-0.05, 0) is 49.4 Å². The van der Waals surface area contributed by atoms with E-state index in [1.807, 2.05) is 48.6 Å². The van der Waals surface area contributed by atoms with E-state index >= 15 is 0 Å². The number of fused-ring (bicyclic) bond motifs is 2. The van der Waals surface area contributed by atoms with Crippen molar-refractivity contribution in [3.05, 3.63) is 90.6 Å². The molecule has 1 aliphatic carbocycles. The fourth-order valence-corrected chi connectivity index (χ4v) is 6.23. The number of ketones is 1. The van der Waals surface area contributed by atoms with Crippen molar-refractivity contribution in [3.8, 4) is 5.75 Å². The Hall–Kier alpha value is -3.18. The summed E-state index contributed by atoms with van der Waals surface area (Å²) >= 11 is 0. The number of benzene rings is 2. The molecular weight excluding hydrogens is 396 g/mol. The third kappa shape index (κ3) is 3.94. The molecule has 2 aliphatic rings. The van der Waals surface area contributed by atoms with Crippen molar-refractivity contribution in [2.24, 2.45) is 5.92 Å². The Morgan fingerprint density at radius 2 is 1.83 bits per heavy atom. The smallest absolute Gasteiger partial charge is 0.333 e. The SMILES string of the molecule is C=C(C)C(=O)OCCOc1ccc([SH+]2=C3C=CC=CC3C(=O)c3ccccc32)cc1. The lowest BCUT2D eigenvalue weighted by molar-refractivity contribution is -0.139. The Morgan fingerprint density at radius 3 is 2.60 bits per heavy atom. The first-order valence-corrected chi connectivity index (χ1v) is 11.1. The molecule has 0 radical (unpaired) electrons. The van der Waals surface area contributed by atoms with Crippen LogP contribution in [0.5, 0.6) is 5.75 Å². The Labute approximate surface area is 178 Å². The van der Waals surface area contributed by atoms with E-state index < -0.39 is 16.5 Å². The summed E-state index contributed by atoms with van der Waals surface area (Å²) in [5.74, 6) is 0.282. The minimum atomic E-state index is -0.788. The molecule has 4 nitrogen and oxygen atoms in total. The van der Waals surface area contributed by atoms with E-state index in [2.05, 4.69) is 30.9 Å². The maximum atomic E-state index is 13.0. The van der Waals surface area contributed by atoms with Gasteiger partial charge < -0.3 is 9.47 Å². The number of allylic oxidation sites excluding steroid dienone is 4. The van der Waals surface area contributed by atoms with Gasteiger partial charge in [-0.3, -0.25) is 4.79 Å². The minimum Gasteiger partial charge on any atom is -0.490 e. The lowest BCUT2D eigenvalue weighted by Gasteiger charge is -2.23. The van der Waals surface area contributed by atoms with Gasteiger partial charge in [0.05, 0.1) is 5.56 Å². The van der Waals surface area contributed by atoms with Crippen LogP contribution in [0.25, 0.3) is 0 Å². The highest BCUT2D eigenvalue weighted by Crippen LogP contribution is 2.33. The van der Waals surface area contributed by atoms with Gasteiger partial charge in [0.15, 0.2) is 5.78 Å². The van der Waals surface area contributed by atoms with Crippen LogP contribution in [0.4, 0.5) is 0 Å². The van der Waals surface area contributed by atoms with Gasteiger partial charge in [0.1, 0.15) is 39.5 Å². The molecule has 2 unspecified atom stereocenters. The summed E-state index contributed by atoms with van der Waals surface area (Å²) in [4.78, 5) is 27.8. The number of thiol groups is 1. The summed E-state index contributed by atoms with van der Waals surface area (Å²) < 4.78 is 10.7. The van der Waals surface area contributed by atoms with Gasteiger partial charge in [-0.25, -0.2) is 4.79 Å². The van der Waals surface area contributed by atoms with Crippen molar-refractivity contribution in [1.29, 1.82) is 0 Å². The molecule has 2 aromatic rings. The average Bonchev–Trinajstić information content (AvgIpc) is 2.77. The maximum absolute atomic E-state index is 13.0. The molecule has 0 saturated carbocycles. The molecule has 0 spiro atoms. The van der Waals surface area contributed by atoms with Crippen LogP contribution in [0.2, 0.25) is 0 Å². The standard InChI is InChI=1S/C25H22O4S/c1-17(2)25(27)29-16-15-28-18-11-13-19(14-12-18)30-22-9-5-3-7-20(22)24(26)21-8-4-6-10-23(21)30/h3-14,20H,1,15-16H2,2H3/p+1. The summed E-state index contributed by atoms with van der Waals surface area (Å²) in [6, 6.07) is 15.9. The Balaban J connectivity index is 1.57. The summed E-state index contributed by atoms with van der Waals surface area (Å²) in [6.45, 7) is 5.61. The van der Waals surface area contributed by atoms with Gasteiger partial charge >= 0.3 is 5.97 Å². The molecule has 30 heavy (non-hydrogen) atoms. The number of hydrogen-bond acceptors (Lipinski definition) is 4. The minimum absolute atomic E-state index is 0.171. The zero-order valence-electron chi connectivity index (χ0n) is 16.7. The summed E-state index contributed by atoms with van der Waals surface area (Å²) in [7, 11) is -0.788. The molecule has 0 fully saturated rings. The number of ether oxygens (including phenoxy) is 2. The molecule has 5 heteroatoms. The second kappa shape index (κ2) is 8.67. The van der Waals surface area contributed by atoms with Crippen LogP contribution < -0.4 is 4.74 Å². The van der Waals surface area contributed by atoms with Crippen molar-refractivity contribution in [2.45, 2.75) is 16.7 Å². The lowest BCUT2D eigenvalue weighted by Crippen LogP contribution is -2.31. The van der Waals surface area contributed by atoms with Crippen molar-refractivity contribution < 1.29 is 19.1 Å². The topological polar surface area (TPSA) is 52.6 Å². The van der Waals surface area contributed by atoms with E-state index in [9.17, 15) is 9.59 Å². The summed E-state index contributed by atoms with van der Waals surface area (Å²) in [6.07, 6.45) is 8.04. The van der Waals surface area contributed by atoms with E-state index in [-0.39, 0.29) is 24.9 Å². The Bertz CT molecular complexity index is 1110. The number of rotatable bonds is 6. The fourth-order valence-electron chi connectivity index (χ4n) is 3.55. The zero-order chi connectivity index (χ0) is 21.1. The first-order valence-electron chi connectivity index (χ1n) is 9.77. The second-order valence-electron chi connectivity index (χ2n) is 7.12. The third-order valence-corrected chi connectivity index (χ3v) is 7.61. The second-order valence-corrected chi connectivity index (χ2v) is 9.31. The number of carbonyl (C=O) groups excluding carboxylic acids is 2. The van der Waals surface area contributed by atoms with Crippen molar-refractivity contribution in [2.75, 3.05) is 13.2 Å². The zero-order valence-corrected chi connectivity index (χ0v) is 17.6.